The molecular formula is C7H16INOS3. The molecular weight excluding hydrogens is 337 g/mol. The highest BCUT2D eigenvalue weighted by Gasteiger charge is 2.22. The molecule has 0 saturated carbocycles. The molecule has 80 valence electrons. The Bertz CT molecular complexity index is 130. The molecule has 2 N–H and O–H groups in total. The lowest BCUT2D eigenvalue weighted by molar-refractivity contribution is 0.222. The first kappa shape index (κ1) is 14.7. The zero-order valence-corrected chi connectivity index (χ0v) is 12.5. The van der Waals surface area contributed by atoms with Crippen molar-refractivity contribution in [3.05, 3.63) is 0 Å². The van der Waals surface area contributed by atoms with Crippen LogP contribution in [0.15, 0.2) is 0 Å². The second-order valence-electron chi connectivity index (χ2n) is 3.05. The Hall–Kier alpha value is 1.70. The molecule has 0 radical (unpaired) electrons. The zero-order chi connectivity index (χ0) is 10.2. The van der Waals surface area contributed by atoms with Crippen LogP contribution in [0, 0.1) is 5.41 Å². The molecule has 0 aromatic carbocycles. The van der Waals surface area contributed by atoms with Crippen LogP contribution >= 0.6 is 52.0 Å². The fourth-order valence-corrected chi connectivity index (χ4v) is 3.15. The van der Waals surface area contributed by atoms with Crippen LogP contribution in [0.5, 0.6) is 0 Å². The first-order chi connectivity index (χ1) is 6.18. The largest absolute Gasteiger partial charge is 0.330 e. The lowest BCUT2D eigenvalue weighted by atomic mass is 9.95. The molecule has 0 saturated heterocycles. The van der Waals surface area contributed by atoms with Crippen LogP contribution in [-0.2, 0) is 4.18 Å². The van der Waals surface area contributed by atoms with E-state index in [-0.39, 0.29) is 5.41 Å². The summed E-state index contributed by atoms with van der Waals surface area (Å²) in [6.07, 6.45) is 0. The van der Waals surface area contributed by atoms with Gasteiger partial charge in [0.2, 0.25) is 0 Å². The molecule has 0 aromatic heterocycles. The lowest BCUT2D eigenvalue weighted by Crippen LogP contribution is -2.34. The maximum atomic E-state index is 5.72. The summed E-state index contributed by atoms with van der Waals surface area (Å²) in [5.74, 6) is 2.22. The number of hydrogen-bond acceptors (Lipinski definition) is 5. The number of hydrogen-bond donors (Lipinski definition) is 1. The van der Waals surface area contributed by atoms with Gasteiger partial charge in [-0.15, -0.1) is 0 Å². The van der Waals surface area contributed by atoms with Crippen LogP contribution in [0.25, 0.3) is 0 Å². The van der Waals surface area contributed by atoms with Gasteiger partial charge in [-0.1, -0.05) is 13.8 Å². The van der Waals surface area contributed by atoms with Gasteiger partial charge in [-0.3, -0.25) is 0 Å². The van der Waals surface area contributed by atoms with Gasteiger partial charge in [0.1, 0.15) is 0 Å². The second kappa shape index (κ2) is 8.96. The Balaban J connectivity index is 3.67. The third-order valence-electron chi connectivity index (χ3n) is 1.63. The summed E-state index contributed by atoms with van der Waals surface area (Å²) in [5, 5.41) is 0. The molecule has 0 aliphatic rings. The van der Waals surface area contributed by atoms with Crippen molar-refractivity contribution in [1.82, 2.24) is 0 Å². The Kier molecular flexibility index (Phi) is 10.1. The average Bonchev–Trinajstić information content (AvgIpc) is 2.15. The highest BCUT2D eigenvalue weighted by Crippen LogP contribution is 2.32. The van der Waals surface area contributed by atoms with E-state index in [1.54, 1.807) is 7.97 Å². The predicted octanol–water partition coefficient (Wildman–Crippen LogP) is 3.37. The molecule has 13 heavy (non-hydrogen) atoms. The number of thioether (sulfide) groups is 1. The van der Waals surface area contributed by atoms with Gasteiger partial charge in [-0.05, 0) is 5.75 Å². The maximum absolute atomic E-state index is 5.72. The summed E-state index contributed by atoms with van der Waals surface area (Å²) in [4.78, 5) is 0. The van der Waals surface area contributed by atoms with Crippen LogP contribution in [0.2, 0.25) is 0 Å². The third-order valence-corrected chi connectivity index (χ3v) is 4.97. The zero-order valence-electron chi connectivity index (χ0n) is 7.92. The molecule has 6 heteroatoms. The van der Waals surface area contributed by atoms with Gasteiger partial charge in [-0.2, -0.15) is 11.8 Å². The van der Waals surface area contributed by atoms with Crippen LogP contribution in [0.1, 0.15) is 13.8 Å². The van der Waals surface area contributed by atoms with Crippen LogP contribution in [0.4, 0.5) is 0 Å². The van der Waals surface area contributed by atoms with Crippen molar-refractivity contribution >= 4 is 52.0 Å². The number of halogens is 1. The minimum absolute atomic E-state index is 0.125. The summed E-state index contributed by atoms with van der Waals surface area (Å²) in [7, 11) is 1.59. The quantitative estimate of drug-likeness (QED) is 0.313. The Morgan fingerprint density at radius 1 is 1.54 bits per heavy atom. The molecule has 0 heterocycles. The molecule has 0 rings (SSSR count). The minimum atomic E-state index is 0.125. The number of rotatable bonds is 8. The molecule has 0 aromatic rings. The second-order valence-corrected chi connectivity index (χ2v) is 8.84. The molecule has 0 aliphatic carbocycles. The van der Waals surface area contributed by atoms with E-state index in [1.165, 1.54) is 11.1 Å². The van der Waals surface area contributed by atoms with Gasteiger partial charge in [0, 0.05) is 46.9 Å². The van der Waals surface area contributed by atoms with Crippen molar-refractivity contribution in [2.75, 3.05) is 24.7 Å². The van der Waals surface area contributed by atoms with Crippen LogP contribution in [0.3, 0.4) is 0 Å². The summed E-state index contributed by atoms with van der Waals surface area (Å²) in [6.45, 7) is 5.76. The van der Waals surface area contributed by atoms with E-state index in [9.17, 15) is 0 Å². The predicted molar refractivity (Wildman–Crippen MR) is 75.3 cm³/mol. The average molecular weight is 353 g/mol. The minimum Gasteiger partial charge on any atom is -0.330 e. The molecule has 0 fully saturated rings. The fourth-order valence-electron chi connectivity index (χ4n) is 0.692. The molecule has 0 spiro atoms. The van der Waals surface area contributed by atoms with E-state index in [0.29, 0.717) is 6.54 Å². The normalized spacial score (nSPS) is 15.7. The molecule has 2 nitrogen and oxygen atoms in total. The van der Waals surface area contributed by atoms with Gasteiger partial charge in [-0.25, -0.2) is 0 Å². The smallest absolute Gasteiger partial charge is 0.0735 e. The maximum Gasteiger partial charge on any atom is 0.0735 e. The highest BCUT2D eigenvalue weighted by atomic mass is 127. The van der Waals surface area contributed by atoms with E-state index < -0.39 is 0 Å². The van der Waals surface area contributed by atoms with Gasteiger partial charge in [0.25, 0.3) is 0 Å². The Morgan fingerprint density at radius 3 is 2.69 bits per heavy atom. The van der Waals surface area contributed by atoms with Gasteiger partial charge >= 0.3 is 0 Å². The molecule has 0 amide bonds. The van der Waals surface area contributed by atoms with Crippen LogP contribution in [-0.4, -0.2) is 24.7 Å². The molecule has 1 unspecified atom stereocenters. The Morgan fingerprint density at radius 2 is 2.23 bits per heavy atom. The van der Waals surface area contributed by atoms with E-state index in [1.807, 2.05) is 11.8 Å². The van der Waals surface area contributed by atoms with Crippen molar-refractivity contribution in [3.8, 4) is 0 Å². The first-order valence-corrected chi connectivity index (χ1v) is 9.80. The topological polar surface area (TPSA) is 35.2 Å². The monoisotopic (exact) mass is 353 g/mol. The van der Waals surface area contributed by atoms with Crippen LogP contribution < -0.4 is 5.73 Å². The molecule has 1 atom stereocenters. The molecule has 0 bridgehead atoms. The van der Waals surface area contributed by atoms with Crippen molar-refractivity contribution in [2.24, 2.45) is 11.1 Å². The van der Waals surface area contributed by atoms with Gasteiger partial charge in [0.05, 0.1) is 17.7 Å². The standard InChI is InChI=1S/C7H16INOS3/c1-3-11-6-7(2,4-9)5-10-13-12-8/h3-6,9H2,1-2H3. The van der Waals surface area contributed by atoms with Gasteiger partial charge in [0.15, 0.2) is 0 Å². The fraction of sp³-hybridized carbons (Fsp3) is 1.00. The number of nitrogens with two attached hydrogens (primary N) is 1. The summed E-state index contributed by atoms with van der Waals surface area (Å²) >= 11 is 5.54. The van der Waals surface area contributed by atoms with E-state index >= 15 is 0 Å². The van der Waals surface area contributed by atoms with Gasteiger partial charge < -0.3 is 9.92 Å². The van der Waals surface area contributed by atoms with E-state index in [4.69, 9.17) is 9.92 Å². The van der Waals surface area contributed by atoms with E-state index in [2.05, 4.69) is 35.1 Å². The lowest BCUT2D eigenvalue weighted by Gasteiger charge is -2.26. The van der Waals surface area contributed by atoms with Crippen molar-refractivity contribution < 1.29 is 4.18 Å². The summed E-state index contributed by atoms with van der Waals surface area (Å²) < 4.78 is 5.41. The van der Waals surface area contributed by atoms with Crippen molar-refractivity contribution in [1.29, 1.82) is 0 Å². The first-order valence-electron chi connectivity index (χ1n) is 4.03. The van der Waals surface area contributed by atoms with Crippen molar-refractivity contribution in [2.45, 2.75) is 13.8 Å². The van der Waals surface area contributed by atoms with Crippen molar-refractivity contribution in [3.63, 3.8) is 0 Å². The summed E-state index contributed by atoms with van der Waals surface area (Å²) in [6, 6.07) is 0. The molecule has 0 aliphatic heterocycles. The Labute approximate surface area is 105 Å². The summed E-state index contributed by atoms with van der Waals surface area (Å²) in [5.41, 5.74) is 5.84. The van der Waals surface area contributed by atoms with E-state index in [0.717, 1.165) is 18.1 Å². The third kappa shape index (κ3) is 7.61. The highest BCUT2D eigenvalue weighted by molar-refractivity contribution is 14.2. The SMILES string of the molecule is CCSCC(C)(CN)COSSI.